The molecule has 22 heavy (non-hydrogen) atoms. The zero-order chi connectivity index (χ0) is 15.9. The van der Waals surface area contributed by atoms with Gasteiger partial charge in [-0.05, 0) is 18.6 Å². The van der Waals surface area contributed by atoms with Crippen molar-refractivity contribution < 1.29 is 14.3 Å². The van der Waals surface area contributed by atoms with Crippen molar-refractivity contribution in [2.75, 3.05) is 13.7 Å². The fraction of sp³-hybridized carbons (Fsp3) is 0.375. The second kappa shape index (κ2) is 5.94. The second-order valence-electron chi connectivity index (χ2n) is 5.47. The summed E-state index contributed by atoms with van der Waals surface area (Å²) in [5, 5.41) is 0.930. The maximum atomic E-state index is 11.9. The molecule has 1 fully saturated rings. The first kappa shape index (κ1) is 15.4. The standard InChI is InChI=1S/C16H15Cl2NO3/c1-22-13-3-2-12(17)16(18)15(13)9-4-5-19-10(6-9)7-11(20)8-14(19)21/h2-3,6,9H,4-5,7-8H2,1H3/t9-/m1/s1. The van der Waals surface area contributed by atoms with Gasteiger partial charge in [-0.3, -0.25) is 9.59 Å². The molecule has 0 radical (unpaired) electrons. The van der Waals surface area contributed by atoms with Crippen LogP contribution >= 0.6 is 23.2 Å². The zero-order valence-corrected chi connectivity index (χ0v) is 13.6. The van der Waals surface area contributed by atoms with E-state index in [2.05, 4.69) is 0 Å². The highest BCUT2D eigenvalue weighted by molar-refractivity contribution is 6.42. The molecule has 1 aromatic carbocycles. The summed E-state index contributed by atoms with van der Waals surface area (Å²) in [7, 11) is 1.58. The molecule has 4 nitrogen and oxygen atoms in total. The van der Waals surface area contributed by atoms with E-state index in [0.29, 0.717) is 28.8 Å². The average molecular weight is 340 g/mol. The van der Waals surface area contributed by atoms with Gasteiger partial charge in [-0.1, -0.05) is 29.3 Å². The van der Waals surface area contributed by atoms with Gasteiger partial charge in [0.1, 0.15) is 11.5 Å². The van der Waals surface area contributed by atoms with Gasteiger partial charge in [0, 0.05) is 30.1 Å². The minimum absolute atomic E-state index is 0.00322. The quantitative estimate of drug-likeness (QED) is 0.774. The lowest BCUT2D eigenvalue weighted by Crippen LogP contribution is -2.40. The van der Waals surface area contributed by atoms with Crippen molar-refractivity contribution in [1.82, 2.24) is 4.90 Å². The Labute approximate surface area is 138 Å². The van der Waals surface area contributed by atoms with Gasteiger partial charge < -0.3 is 9.64 Å². The van der Waals surface area contributed by atoms with Crippen molar-refractivity contribution in [3.05, 3.63) is 39.5 Å². The van der Waals surface area contributed by atoms with Crippen LogP contribution in [0.2, 0.25) is 10.0 Å². The number of allylic oxidation sites excluding steroid dienone is 2. The van der Waals surface area contributed by atoms with E-state index in [1.807, 2.05) is 6.08 Å². The van der Waals surface area contributed by atoms with Gasteiger partial charge in [0.15, 0.2) is 0 Å². The fourth-order valence-corrected chi connectivity index (χ4v) is 3.55. The molecule has 6 heteroatoms. The lowest BCUT2D eigenvalue weighted by Gasteiger charge is -2.35. The van der Waals surface area contributed by atoms with Crippen LogP contribution in [-0.2, 0) is 9.59 Å². The van der Waals surface area contributed by atoms with Crippen molar-refractivity contribution in [2.45, 2.75) is 25.2 Å². The molecular formula is C16H15Cl2NO3. The molecule has 0 aliphatic carbocycles. The molecule has 0 spiro atoms. The number of methoxy groups -OCH3 is 1. The Balaban J connectivity index is 2.02. The third-order valence-electron chi connectivity index (χ3n) is 4.12. The highest BCUT2D eigenvalue weighted by Crippen LogP contribution is 2.42. The minimum atomic E-state index is -0.120. The lowest BCUT2D eigenvalue weighted by atomic mass is 9.88. The molecule has 0 N–H and O–H groups in total. The van der Waals surface area contributed by atoms with Crippen LogP contribution in [0.5, 0.6) is 5.75 Å². The molecule has 116 valence electrons. The monoisotopic (exact) mass is 339 g/mol. The third kappa shape index (κ3) is 2.61. The molecule has 1 amide bonds. The predicted octanol–water partition coefficient (Wildman–Crippen LogP) is 3.56. The Morgan fingerprint density at radius 1 is 1.23 bits per heavy atom. The normalized spacial score (nSPS) is 21.5. The number of amides is 1. The molecule has 3 rings (SSSR count). The van der Waals surface area contributed by atoms with Gasteiger partial charge >= 0.3 is 0 Å². The van der Waals surface area contributed by atoms with E-state index >= 15 is 0 Å². The van der Waals surface area contributed by atoms with Crippen LogP contribution in [0.1, 0.15) is 30.7 Å². The molecule has 0 bridgehead atoms. The topological polar surface area (TPSA) is 46.6 Å². The number of benzene rings is 1. The van der Waals surface area contributed by atoms with Crippen LogP contribution < -0.4 is 4.74 Å². The summed E-state index contributed by atoms with van der Waals surface area (Å²) in [4.78, 5) is 25.3. The van der Waals surface area contributed by atoms with Gasteiger partial charge in [0.25, 0.3) is 0 Å². The first-order valence-electron chi connectivity index (χ1n) is 7.06. The van der Waals surface area contributed by atoms with E-state index < -0.39 is 0 Å². The van der Waals surface area contributed by atoms with Gasteiger partial charge in [-0.25, -0.2) is 0 Å². The molecule has 0 saturated carbocycles. The first-order valence-corrected chi connectivity index (χ1v) is 7.81. The molecular weight excluding hydrogens is 325 g/mol. The summed E-state index contributed by atoms with van der Waals surface area (Å²) >= 11 is 12.5. The lowest BCUT2D eigenvalue weighted by molar-refractivity contribution is -0.137. The summed E-state index contributed by atoms with van der Waals surface area (Å²) in [6, 6.07) is 3.48. The van der Waals surface area contributed by atoms with Gasteiger partial charge in [0.05, 0.1) is 23.6 Å². The molecule has 1 aromatic rings. The number of carbonyl (C=O) groups excluding carboxylic acids is 2. The number of halogens is 2. The molecule has 2 aliphatic rings. The first-order chi connectivity index (χ1) is 10.5. The maximum Gasteiger partial charge on any atom is 0.234 e. The molecule has 2 heterocycles. The van der Waals surface area contributed by atoms with Crippen LogP contribution in [0.4, 0.5) is 0 Å². The van der Waals surface area contributed by atoms with Crippen molar-refractivity contribution >= 4 is 34.9 Å². The number of hydrogen-bond donors (Lipinski definition) is 0. The number of fused-ring (bicyclic) bond motifs is 1. The van der Waals surface area contributed by atoms with E-state index in [0.717, 1.165) is 17.7 Å². The van der Waals surface area contributed by atoms with Crippen LogP contribution in [-0.4, -0.2) is 30.2 Å². The number of rotatable bonds is 2. The second-order valence-corrected chi connectivity index (χ2v) is 6.25. The Kier molecular flexibility index (Phi) is 4.15. The number of carbonyl (C=O) groups is 2. The summed E-state index contributed by atoms with van der Waals surface area (Å²) in [6.07, 6.45) is 2.96. The Hall–Kier alpha value is -1.52. The summed E-state index contributed by atoms with van der Waals surface area (Å²) in [5.74, 6) is 0.478. The molecule has 1 saturated heterocycles. The summed E-state index contributed by atoms with van der Waals surface area (Å²) in [6.45, 7) is 0.578. The molecule has 2 aliphatic heterocycles. The Bertz CT molecular complexity index is 684. The molecule has 0 aromatic heterocycles. The van der Waals surface area contributed by atoms with E-state index in [9.17, 15) is 9.59 Å². The summed E-state index contributed by atoms with van der Waals surface area (Å²) < 4.78 is 5.39. The van der Waals surface area contributed by atoms with E-state index in [-0.39, 0.29) is 24.0 Å². The van der Waals surface area contributed by atoms with Crippen LogP contribution in [0, 0.1) is 0 Å². The largest absolute Gasteiger partial charge is 0.496 e. The van der Waals surface area contributed by atoms with Crippen molar-refractivity contribution in [3.63, 3.8) is 0 Å². The van der Waals surface area contributed by atoms with Crippen LogP contribution in [0.15, 0.2) is 23.9 Å². The molecule has 0 unspecified atom stereocenters. The maximum absolute atomic E-state index is 11.9. The SMILES string of the molecule is COc1ccc(Cl)c(Cl)c1[C@H]1C=C2CC(=O)CC(=O)N2CC1. The zero-order valence-electron chi connectivity index (χ0n) is 12.1. The summed E-state index contributed by atoms with van der Waals surface area (Å²) in [5.41, 5.74) is 1.57. The van der Waals surface area contributed by atoms with E-state index in [1.165, 1.54) is 0 Å². The van der Waals surface area contributed by atoms with E-state index in [1.54, 1.807) is 24.1 Å². The number of Topliss-reactive ketones (excluding diaryl/α,β-unsaturated/α-hetero) is 1. The van der Waals surface area contributed by atoms with Gasteiger partial charge in [0.2, 0.25) is 5.91 Å². The molecule has 1 atom stereocenters. The van der Waals surface area contributed by atoms with Crippen molar-refractivity contribution in [2.24, 2.45) is 0 Å². The predicted molar refractivity (Wildman–Crippen MR) is 84.4 cm³/mol. The Morgan fingerprint density at radius 3 is 2.73 bits per heavy atom. The van der Waals surface area contributed by atoms with Crippen molar-refractivity contribution in [1.29, 1.82) is 0 Å². The smallest absolute Gasteiger partial charge is 0.234 e. The average Bonchev–Trinajstić information content (AvgIpc) is 2.49. The number of nitrogens with zero attached hydrogens (tertiary/aromatic N) is 1. The number of piperidine rings is 1. The Morgan fingerprint density at radius 2 is 2.00 bits per heavy atom. The van der Waals surface area contributed by atoms with Gasteiger partial charge in [-0.2, -0.15) is 0 Å². The van der Waals surface area contributed by atoms with Crippen LogP contribution in [0.3, 0.4) is 0 Å². The fourth-order valence-electron chi connectivity index (χ4n) is 3.08. The minimum Gasteiger partial charge on any atom is -0.496 e. The highest BCUT2D eigenvalue weighted by Gasteiger charge is 2.33. The number of ether oxygens (including phenoxy) is 1. The number of hydrogen-bond acceptors (Lipinski definition) is 3. The highest BCUT2D eigenvalue weighted by atomic mass is 35.5. The van der Waals surface area contributed by atoms with E-state index in [4.69, 9.17) is 27.9 Å². The van der Waals surface area contributed by atoms with Crippen molar-refractivity contribution in [3.8, 4) is 5.75 Å². The van der Waals surface area contributed by atoms with Gasteiger partial charge in [-0.15, -0.1) is 0 Å². The third-order valence-corrected chi connectivity index (χ3v) is 4.93. The number of ketones is 1. The van der Waals surface area contributed by atoms with Crippen LogP contribution in [0.25, 0.3) is 0 Å².